The molecular weight excluding hydrogens is 272 g/mol. The maximum atomic E-state index is 11.0. The van der Waals surface area contributed by atoms with Crippen LogP contribution in [0, 0.1) is 0 Å². The molecule has 1 heterocycles. The molecule has 0 aliphatic carbocycles. The van der Waals surface area contributed by atoms with Gasteiger partial charge in [-0.2, -0.15) is 0 Å². The zero-order chi connectivity index (χ0) is 11.4. The molecule has 0 atom stereocenters. The molecule has 0 saturated carbocycles. The lowest BCUT2D eigenvalue weighted by atomic mass is 10.2. The summed E-state index contributed by atoms with van der Waals surface area (Å²) >= 11 is 3.34. The van der Waals surface area contributed by atoms with Gasteiger partial charge in [0.15, 0.2) is 0 Å². The Kier molecular flexibility index (Phi) is 3.62. The van der Waals surface area contributed by atoms with Crippen LogP contribution in [0.1, 0.15) is 6.42 Å². The van der Waals surface area contributed by atoms with Gasteiger partial charge in [0.05, 0.1) is 6.61 Å². The molecule has 4 heteroatoms. The summed E-state index contributed by atoms with van der Waals surface area (Å²) in [7, 11) is 0. The van der Waals surface area contributed by atoms with E-state index in [1.54, 1.807) is 18.2 Å². The maximum absolute atomic E-state index is 11.0. The lowest BCUT2D eigenvalue weighted by Gasteiger charge is -2.05. The Morgan fingerprint density at radius 1 is 1.25 bits per heavy atom. The topological polar surface area (TPSA) is 39.4 Å². The first kappa shape index (κ1) is 11.2. The third kappa shape index (κ3) is 2.64. The molecule has 0 saturated heterocycles. The lowest BCUT2D eigenvalue weighted by Crippen LogP contribution is -1.98. The number of hydrogen-bond donors (Lipinski definition) is 0. The summed E-state index contributed by atoms with van der Waals surface area (Å²) < 4.78 is 10.6. The van der Waals surface area contributed by atoms with Crippen molar-refractivity contribution in [3.8, 4) is 5.75 Å². The van der Waals surface area contributed by atoms with Gasteiger partial charge < -0.3 is 9.15 Å². The van der Waals surface area contributed by atoms with Crippen molar-refractivity contribution in [2.75, 3.05) is 11.9 Å². The number of ether oxygens (including phenoxy) is 1. The van der Waals surface area contributed by atoms with Crippen LogP contribution >= 0.6 is 15.9 Å². The zero-order valence-corrected chi connectivity index (χ0v) is 10.2. The van der Waals surface area contributed by atoms with Crippen LogP contribution in [-0.4, -0.2) is 11.9 Å². The van der Waals surface area contributed by atoms with Crippen molar-refractivity contribution in [3.63, 3.8) is 0 Å². The smallest absolute Gasteiger partial charge is 0.336 e. The van der Waals surface area contributed by atoms with Crippen molar-refractivity contribution in [3.05, 3.63) is 40.8 Å². The van der Waals surface area contributed by atoms with E-state index >= 15 is 0 Å². The highest BCUT2D eigenvalue weighted by atomic mass is 79.9. The molecule has 0 spiro atoms. The minimum atomic E-state index is -0.333. The van der Waals surface area contributed by atoms with Crippen LogP contribution < -0.4 is 10.4 Å². The Balaban J connectivity index is 2.23. The van der Waals surface area contributed by atoms with Gasteiger partial charge >= 0.3 is 5.63 Å². The van der Waals surface area contributed by atoms with Gasteiger partial charge in [0.2, 0.25) is 0 Å². The third-order valence-electron chi connectivity index (χ3n) is 2.14. The van der Waals surface area contributed by atoms with E-state index < -0.39 is 0 Å². The summed E-state index contributed by atoms with van der Waals surface area (Å²) in [6.45, 7) is 0.674. The molecule has 84 valence electrons. The van der Waals surface area contributed by atoms with Crippen LogP contribution in [-0.2, 0) is 0 Å². The van der Waals surface area contributed by atoms with Gasteiger partial charge in [-0.1, -0.05) is 15.9 Å². The van der Waals surface area contributed by atoms with E-state index in [1.807, 2.05) is 6.07 Å². The minimum absolute atomic E-state index is 0.333. The van der Waals surface area contributed by atoms with Crippen molar-refractivity contribution >= 4 is 26.9 Å². The van der Waals surface area contributed by atoms with Crippen molar-refractivity contribution in [1.29, 1.82) is 0 Å². The summed E-state index contributed by atoms with van der Waals surface area (Å²) in [5.41, 5.74) is 0.251. The van der Waals surface area contributed by atoms with Gasteiger partial charge in [-0.3, -0.25) is 0 Å². The van der Waals surface area contributed by atoms with Crippen LogP contribution in [0.25, 0.3) is 11.0 Å². The van der Waals surface area contributed by atoms with E-state index in [9.17, 15) is 4.79 Å². The Labute approximate surface area is 101 Å². The Morgan fingerprint density at radius 2 is 2.12 bits per heavy atom. The van der Waals surface area contributed by atoms with Gasteiger partial charge in [0.1, 0.15) is 11.3 Å². The molecule has 0 aliphatic rings. The zero-order valence-electron chi connectivity index (χ0n) is 8.61. The number of benzene rings is 1. The SMILES string of the molecule is O=c1ccc2cc(OCCCBr)ccc2o1. The number of hydrogen-bond acceptors (Lipinski definition) is 3. The highest BCUT2D eigenvalue weighted by Crippen LogP contribution is 2.19. The Hall–Kier alpha value is -1.29. The molecule has 16 heavy (non-hydrogen) atoms. The van der Waals surface area contributed by atoms with E-state index in [0.29, 0.717) is 12.2 Å². The van der Waals surface area contributed by atoms with Gasteiger partial charge in [0, 0.05) is 16.8 Å². The first-order valence-corrected chi connectivity index (χ1v) is 6.14. The molecular formula is C12H11BrO3. The van der Waals surface area contributed by atoms with Gasteiger partial charge in [0.25, 0.3) is 0 Å². The molecule has 0 unspecified atom stereocenters. The summed E-state index contributed by atoms with van der Waals surface area (Å²) in [4.78, 5) is 11.0. The number of alkyl halides is 1. The minimum Gasteiger partial charge on any atom is -0.494 e. The molecule has 2 rings (SSSR count). The van der Waals surface area contributed by atoms with E-state index in [2.05, 4.69) is 15.9 Å². The fraction of sp³-hybridized carbons (Fsp3) is 0.250. The fourth-order valence-electron chi connectivity index (χ4n) is 1.38. The predicted octanol–water partition coefficient (Wildman–Crippen LogP) is 2.96. The summed E-state index contributed by atoms with van der Waals surface area (Å²) in [6.07, 6.45) is 0.960. The number of rotatable bonds is 4. The summed E-state index contributed by atoms with van der Waals surface area (Å²) in [6, 6.07) is 8.56. The molecule has 2 aromatic rings. The second-order valence-corrected chi connectivity index (χ2v) is 4.14. The largest absolute Gasteiger partial charge is 0.494 e. The fourth-order valence-corrected chi connectivity index (χ4v) is 1.61. The highest BCUT2D eigenvalue weighted by Gasteiger charge is 1.99. The maximum Gasteiger partial charge on any atom is 0.336 e. The second kappa shape index (κ2) is 5.16. The van der Waals surface area contributed by atoms with Crippen molar-refractivity contribution in [1.82, 2.24) is 0 Å². The Morgan fingerprint density at radius 3 is 2.94 bits per heavy atom. The molecule has 0 fully saturated rings. The lowest BCUT2D eigenvalue weighted by molar-refractivity contribution is 0.319. The quantitative estimate of drug-likeness (QED) is 0.492. The molecule has 1 aromatic carbocycles. The van der Waals surface area contributed by atoms with Crippen LogP contribution in [0.4, 0.5) is 0 Å². The van der Waals surface area contributed by atoms with E-state index in [4.69, 9.17) is 9.15 Å². The molecule has 0 N–H and O–H groups in total. The molecule has 3 nitrogen and oxygen atoms in total. The molecule has 0 aliphatic heterocycles. The molecule has 1 aromatic heterocycles. The van der Waals surface area contributed by atoms with Crippen molar-refractivity contribution in [2.24, 2.45) is 0 Å². The van der Waals surface area contributed by atoms with E-state index in [0.717, 1.165) is 22.9 Å². The highest BCUT2D eigenvalue weighted by molar-refractivity contribution is 9.09. The Bertz CT molecular complexity index is 533. The molecule has 0 amide bonds. The first-order valence-electron chi connectivity index (χ1n) is 5.02. The van der Waals surface area contributed by atoms with Crippen molar-refractivity contribution in [2.45, 2.75) is 6.42 Å². The first-order chi connectivity index (χ1) is 7.79. The average molecular weight is 283 g/mol. The van der Waals surface area contributed by atoms with Gasteiger partial charge in [-0.25, -0.2) is 4.79 Å². The van der Waals surface area contributed by atoms with Crippen LogP contribution in [0.3, 0.4) is 0 Å². The molecule has 0 radical (unpaired) electrons. The van der Waals surface area contributed by atoms with E-state index in [1.165, 1.54) is 6.07 Å². The number of fused-ring (bicyclic) bond motifs is 1. The van der Waals surface area contributed by atoms with Crippen LogP contribution in [0.5, 0.6) is 5.75 Å². The van der Waals surface area contributed by atoms with Gasteiger partial charge in [-0.05, 0) is 30.7 Å². The van der Waals surface area contributed by atoms with Crippen LogP contribution in [0.2, 0.25) is 0 Å². The summed E-state index contributed by atoms with van der Waals surface area (Å²) in [5, 5.41) is 1.80. The normalized spacial score (nSPS) is 10.6. The second-order valence-electron chi connectivity index (χ2n) is 3.35. The molecule has 0 bridgehead atoms. The summed E-state index contributed by atoms with van der Waals surface area (Å²) in [5.74, 6) is 0.794. The predicted molar refractivity (Wildman–Crippen MR) is 66.4 cm³/mol. The number of halogens is 1. The van der Waals surface area contributed by atoms with E-state index in [-0.39, 0.29) is 5.63 Å². The monoisotopic (exact) mass is 282 g/mol. The van der Waals surface area contributed by atoms with Crippen LogP contribution in [0.15, 0.2) is 39.5 Å². The van der Waals surface area contributed by atoms with Gasteiger partial charge in [-0.15, -0.1) is 0 Å². The third-order valence-corrected chi connectivity index (χ3v) is 2.70. The average Bonchev–Trinajstić information content (AvgIpc) is 2.29. The standard InChI is InChI=1S/C12H11BrO3/c13-6-1-7-15-10-3-4-11-9(8-10)2-5-12(14)16-11/h2-5,8H,1,6-7H2. The van der Waals surface area contributed by atoms with Crippen molar-refractivity contribution < 1.29 is 9.15 Å².